The van der Waals surface area contributed by atoms with E-state index in [0.717, 1.165) is 11.1 Å². The third kappa shape index (κ3) is 2.49. The number of carbonyl (C=O) groups excluding carboxylic acids is 2. The van der Waals surface area contributed by atoms with Crippen LogP contribution < -0.4 is 9.47 Å². The summed E-state index contributed by atoms with van der Waals surface area (Å²) in [7, 11) is 6.58. The number of nitrogens with zero attached hydrogens (tertiary/aromatic N) is 2. The van der Waals surface area contributed by atoms with Crippen LogP contribution in [0, 0.1) is 0 Å². The largest absolute Gasteiger partial charge is 0.497 e. The second kappa shape index (κ2) is 6.56. The molecule has 0 saturated heterocycles. The number of benzene rings is 2. The summed E-state index contributed by atoms with van der Waals surface area (Å²) in [4.78, 5) is 29.3. The lowest BCUT2D eigenvalue weighted by molar-refractivity contribution is -0.123. The van der Waals surface area contributed by atoms with E-state index in [2.05, 4.69) is 0 Å². The van der Waals surface area contributed by atoms with Gasteiger partial charge in [-0.05, 0) is 59.7 Å². The van der Waals surface area contributed by atoms with Gasteiger partial charge in [-0.1, -0.05) is 0 Å². The summed E-state index contributed by atoms with van der Waals surface area (Å²) < 4.78 is 10.4. The van der Waals surface area contributed by atoms with E-state index in [1.807, 2.05) is 48.5 Å². The summed E-state index contributed by atoms with van der Waals surface area (Å²) in [5.41, 5.74) is 3.68. The van der Waals surface area contributed by atoms with E-state index in [-0.39, 0.29) is 11.8 Å². The predicted octanol–water partition coefficient (Wildman–Crippen LogP) is 2.77. The summed E-state index contributed by atoms with van der Waals surface area (Å²) in [6.07, 6.45) is 0. The minimum absolute atomic E-state index is 0.190. The quantitative estimate of drug-likeness (QED) is 0.823. The molecule has 2 aromatic carbocycles. The van der Waals surface area contributed by atoms with Gasteiger partial charge in [0.1, 0.15) is 11.5 Å². The summed E-state index contributed by atoms with van der Waals surface area (Å²) >= 11 is 0. The normalized spacial score (nSPS) is 16.3. The van der Waals surface area contributed by atoms with E-state index in [4.69, 9.17) is 9.47 Å². The molecule has 0 atom stereocenters. The van der Waals surface area contributed by atoms with Gasteiger partial charge >= 0.3 is 0 Å². The molecule has 2 aliphatic rings. The fourth-order valence-corrected chi connectivity index (χ4v) is 3.70. The van der Waals surface area contributed by atoms with Crippen molar-refractivity contribution in [2.75, 3.05) is 28.3 Å². The maximum absolute atomic E-state index is 13.1. The van der Waals surface area contributed by atoms with Crippen LogP contribution in [0.2, 0.25) is 0 Å². The number of methoxy groups -OCH3 is 2. The van der Waals surface area contributed by atoms with Crippen LogP contribution in [0.1, 0.15) is 11.1 Å². The highest BCUT2D eigenvalue weighted by Gasteiger charge is 2.46. The van der Waals surface area contributed by atoms with Crippen LogP contribution in [0.15, 0.2) is 59.7 Å². The number of likely N-dealkylation sites (N-methyl/N-ethyl adjacent to an activating group) is 2. The van der Waals surface area contributed by atoms with Gasteiger partial charge in [0, 0.05) is 14.1 Å². The number of carbonyl (C=O) groups is 2. The molecule has 0 aliphatic carbocycles. The molecule has 0 aromatic heterocycles. The first-order chi connectivity index (χ1) is 13.5. The molecule has 142 valence electrons. The van der Waals surface area contributed by atoms with Crippen molar-refractivity contribution in [2.24, 2.45) is 0 Å². The van der Waals surface area contributed by atoms with Crippen LogP contribution in [0.25, 0.3) is 11.4 Å². The third-order valence-electron chi connectivity index (χ3n) is 5.16. The SMILES string of the molecule is COc1ccc(C2=C3C(=O)N(C)C(c4ccc(OC)cc4)=C3C(=O)N2C)cc1. The van der Waals surface area contributed by atoms with Crippen molar-refractivity contribution >= 4 is 23.2 Å². The van der Waals surface area contributed by atoms with Crippen molar-refractivity contribution < 1.29 is 19.1 Å². The van der Waals surface area contributed by atoms with Gasteiger partial charge in [-0.2, -0.15) is 0 Å². The molecule has 0 N–H and O–H groups in total. The Hall–Kier alpha value is -3.54. The maximum Gasteiger partial charge on any atom is 0.261 e. The molecule has 2 heterocycles. The zero-order valence-corrected chi connectivity index (χ0v) is 16.1. The van der Waals surface area contributed by atoms with E-state index in [1.54, 1.807) is 38.1 Å². The molecule has 0 saturated carbocycles. The molecule has 2 amide bonds. The Bertz CT molecular complexity index is 948. The van der Waals surface area contributed by atoms with Gasteiger partial charge in [0.25, 0.3) is 11.8 Å². The highest BCUT2D eigenvalue weighted by Crippen LogP contribution is 2.45. The first kappa shape index (κ1) is 17.9. The number of hydrogen-bond acceptors (Lipinski definition) is 4. The van der Waals surface area contributed by atoms with Crippen LogP contribution in [0.3, 0.4) is 0 Å². The first-order valence-corrected chi connectivity index (χ1v) is 8.81. The second-order valence-electron chi connectivity index (χ2n) is 6.63. The van der Waals surface area contributed by atoms with Crippen molar-refractivity contribution in [3.63, 3.8) is 0 Å². The van der Waals surface area contributed by atoms with Gasteiger partial charge in [-0.3, -0.25) is 9.59 Å². The molecule has 6 nitrogen and oxygen atoms in total. The lowest BCUT2D eigenvalue weighted by Gasteiger charge is -2.20. The molecule has 2 aromatic rings. The monoisotopic (exact) mass is 376 g/mol. The summed E-state index contributed by atoms with van der Waals surface area (Å²) in [5, 5.41) is 0. The van der Waals surface area contributed by atoms with Crippen LogP contribution in [-0.2, 0) is 9.59 Å². The highest BCUT2D eigenvalue weighted by molar-refractivity contribution is 6.30. The number of rotatable bonds is 4. The van der Waals surface area contributed by atoms with Crippen molar-refractivity contribution in [1.82, 2.24) is 9.80 Å². The van der Waals surface area contributed by atoms with Crippen LogP contribution in [-0.4, -0.2) is 49.9 Å². The van der Waals surface area contributed by atoms with Crippen LogP contribution >= 0.6 is 0 Å². The van der Waals surface area contributed by atoms with Crippen molar-refractivity contribution in [2.45, 2.75) is 0 Å². The highest BCUT2D eigenvalue weighted by atomic mass is 16.5. The molecular weight excluding hydrogens is 356 g/mol. The smallest absolute Gasteiger partial charge is 0.261 e. The second-order valence-corrected chi connectivity index (χ2v) is 6.63. The molecule has 6 heteroatoms. The number of ether oxygens (including phenoxy) is 2. The van der Waals surface area contributed by atoms with Gasteiger partial charge in [0.2, 0.25) is 0 Å². The number of hydrogen-bond donors (Lipinski definition) is 0. The predicted molar refractivity (Wildman–Crippen MR) is 105 cm³/mol. The van der Waals surface area contributed by atoms with Gasteiger partial charge in [0.05, 0.1) is 36.8 Å². The molecule has 0 unspecified atom stereocenters. The summed E-state index contributed by atoms with van der Waals surface area (Å²) in [6.45, 7) is 0. The van der Waals surface area contributed by atoms with E-state index < -0.39 is 0 Å². The summed E-state index contributed by atoms with van der Waals surface area (Å²) in [5.74, 6) is 1.05. The van der Waals surface area contributed by atoms with Crippen LogP contribution in [0.4, 0.5) is 0 Å². The van der Waals surface area contributed by atoms with Crippen molar-refractivity contribution in [1.29, 1.82) is 0 Å². The zero-order chi connectivity index (χ0) is 20.0. The lowest BCUT2D eigenvalue weighted by Crippen LogP contribution is -2.25. The van der Waals surface area contributed by atoms with E-state index in [9.17, 15) is 9.59 Å². The molecule has 28 heavy (non-hydrogen) atoms. The Labute approximate surface area is 163 Å². The van der Waals surface area contributed by atoms with Gasteiger partial charge < -0.3 is 19.3 Å². The fraction of sp³-hybridized carbons (Fsp3) is 0.182. The average Bonchev–Trinajstić information content (AvgIpc) is 3.13. The Morgan fingerprint density at radius 1 is 0.607 bits per heavy atom. The number of amides is 2. The van der Waals surface area contributed by atoms with Gasteiger partial charge in [0.15, 0.2) is 0 Å². The molecular formula is C22H20N2O4. The minimum atomic E-state index is -0.190. The molecule has 4 rings (SSSR count). The zero-order valence-electron chi connectivity index (χ0n) is 16.1. The van der Waals surface area contributed by atoms with E-state index in [0.29, 0.717) is 34.0 Å². The molecule has 0 fully saturated rings. The first-order valence-electron chi connectivity index (χ1n) is 8.81. The Morgan fingerprint density at radius 2 is 0.929 bits per heavy atom. The molecule has 2 aliphatic heterocycles. The maximum atomic E-state index is 13.1. The van der Waals surface area contributed by atoms with Gasteiger partial charge in [-0.15, -0.1) is 0 Å². The standard InChI is InChI=1S/C22H20N2O4/c1-23-19(13-5-9-15(27-3)10-6-13)17-18(21(23)25)20(24(2)22(17)26)14-7-11-16(28-4)12-8-14/h5-12H,1-4H3. The number of fused-ring (bicyclic) bond motifs is 1. The Kier molecular flexibility index (Phi) is 4.19. The van der Waals surface area contributed by atoms with Gasteiger partial charge in [-0.25, -0.2) is 0 Å². The van der Waals surface area contributed by atoms with Crippen molar-refractivity contribution in [3.05, 3.63) is 70.8 Å². The van der Waals surface area contributed by atoms with Crippen molar-refractivity contribution in [3.8, 4) is 11.5 Å². The van der Waals surface area contributed by atoms with Crippen LogP contribution in [0.5, 0.6) is 11.5 Å². The fourth-order valence-electron chi connectivity index (χ4n) is 3.70. The average molecular weight is 376 g/mol. The Morgan fingerprint density at radius 3 is 1.21 bits per heavy atom. The molecule has 0 radical (unpaired) electrons. The topological polar surface area (TPSA) is 59.1 Å². The minimum Gasteiger partial charge on any atom is -0.497 e. The summed E-state index contributed by atoms with van der Waals surface area (Å²) in [6, 6.07) is 14.7. The Balaban J connectivity index is 1.91. The lowest BCUT2D eigenvalue weighted by atomic mass is 10.0. The van der Waals surface area contributed by atoms with E-state index in [1.165, 1.54) is 0 Å². The molecule has 0 bridgehead atoms. The third-order valence-corrected chi connectivity index (χ3v) is 5.16. The van der Waals surface area contributed by atoms with E-state index >= 15 is 0 Å². The molecule has 0 spiro atoms.